The fourth-order valence-electron chi connectivity index (χ4n) is 3.31. The Balaban J connectivity index is 1.62. The summed E-state index contributed by atoms with van der Waals surface area (Å²) < 4.78 is 27.3. The number of nitrogens with zero attached hydrogens (tertiary/aromatic N) is 4. The normalized spacial score (nSPS) is 13.4. The van der Waals surface area contributed by atoms with Crippen LogP contribution in [0.15, 0.2) is 30.5 Å². The van der Waals surface area contributed by atoms with Crippen molar-refractivity contribution in [2.24, 2.45) is 0 Å². The number of hydrogen-bond donors (Lipinski definition) is 1. The molecule has 0 spiro atoms. The minimum absolute atomic E-state index is 0.0727. The van der Waals surface area contributed by atoms with Crippen LogP contribution in [-0.2, 0) is 13.0 Å². The van der Waals surface area contributed by atoms with Crippen molar-refractivity contribution in [1.29, 1.82) is 0 Å². The van der Waals surface area contributed by atoms with Crippen LogP contribution in [0.25, 0.3) is 0 Å². The third-order valence-electron chi connectivity index (χ3n) is 4.72. The maximum absolute atomic E-state index is 13.9. The van der Waals surface area contributed by atoms with Crippen molar-refractivity contribution in [3.05, 3.63) is 69.9 Å². The van der Waals surface area contributed by atoms with Crippen LogP contribution in [-0.4, -0.2) is 21.5 Å². The molecular weight excluding hydrogens is 384 g/mol. The van der Waals surface area contributed by atoms with Crippen LogP contribution in [0.4, 0.5) is 26.0 Å². The topological polar surface area (TPSA) is 53.9 Å². The van der Waals surface area contributed by atoms with E-state index >= 15 is 0 Å². The molecule has 144 valence electrons. The number of nitrogens with one attached hydrogen (secondary N) is 1. The number of hydrogen-bond acceptors (Lipinski definition) is 5. The van der Waals surface area contributed by atoms with Gasteiger partial charge in [-0.05, 0) is 37.6 Å². The van der Waals surface area contributed by atoms with Crippen LogP contribution in [0.5, 0.6) is 0 Å². The first-order valence-corrected chi connectivity index (χ1v) is 9.24. The molecule has 2 aromatic heterocycles. The van der Waals surface area contributed by atoms with Crippen LogP contribution < -0.4 is 10.2 Å². The van der Waals surface area contributed by atoms with Gasteiger partial charge < -0.3 is 10.2 Å². The van der Waals surface area contributed by atoms with Crippen LogP contribution >= 0.6 is 11.6 Å². The van der Waals surface area contributed by atoms with Gasteiger partial charge in [0, 0.05) is 36.8 Å². The largest absolute Gasteiger partial charge is 0.352 e. The van der Waals surface area contributed by atoms with E-state index in [0.29, 0.717) is 23.2 Å². The van der Waals surface area contributed by atoms with Crippen LogP contribution in [0.2, 0.25) is 5.15 Å². The predicted molar refractivity (Wildman–Crippen MR) is 105 cm³/mol. The Labute approximate surface area is 166 Å². The highest BCUT2D eigenvalue weighted by Crippen LogP contribution is 2.29. The van der Waals surface area contributed by atoms with Crippen LogP contribution in [0.3, 0.4) is 0 Å². The second-order valence-electron chi connectivity index (χ2n) is 6.76. The lowest BCUT2D eigenvalue weighted by molar-refractivity contribution is 0.603. The van der Waals surface area contributed by atoms with Crippen molar-refractivity contribution in [3.63, 3.8) is 0 Å². The van der Waals surface area contributed by atoms with Crippen molar-refractivity contribution < 1.29 is 8.78 Å². The lowest BCUT2D eigenvalue weighted by atomic mass is 10.0. The lowest BCUT2D eigenvalue weighted by Crippen LogP contribution is -2.32. The van der Waals surface area contributed by atoms with Gasteiger partial charge in [-0.3, -0.25) is 4.98 Å². The molecule has 1 aromatic carbocycles. The summed E-state index contributed by atoms with van der Waals surface area (Å²) in [6.45, 7) is 5.06. The molecule has 0 atom stereocenters. The molecule has 8 heteroatoms. The Morgan fingerprint density at radius 3 is 2.79 bits per heavy atom. The van der Waals surface area contributed by atoms with Gasteiger partial charge in [0.15, 0.2) is 0 Å². The van der Waals surface area contributed by atoms with Crippen LogP contribution in [0, 0.1) is 25.5 Å². The Hall–Kier alpha value is -2.80. The van der Waals surface area contributed by atoms with Crippen molar-refractivity contribution >= 4 is 28.8 Å². The zero-order valence-electron chi connectivity index (χ0n) is 15.4. The van der Waals surface area contributed by atoms with E-state index in [2.05, 4.69) is 25.2 Å². The van der Waals surface area contributed by atoms with Gasteiger partial charge in [0.1, 0.15) is 28.4 Å². The maximum Gasteiger partial charge on any atom is 0.146 e. The SMILES string of the molecule is Cc1nc(Cl)c(C)c(N2CCc3ncc(Nc4cc(F)ccc4F)cc3C2)n1. The van der Waals surface area contributed by atoms with Gasteiger partial charge in [-0.15, -0.1) is 0 Å². The molecule has 0 fully saturated rings. The first-order valence-electron chi connectivity index (χ1n) is 8.86. The van der Waals surface area contributed by atoms with Crippen molar-refractivity contribution in [2.45, 2.75) is 26.8 Å². The highest BCUT2D eigenvalue weighted by atomic mass is 35.5. The molecule has 1 N–H and O–H groups in total. The monoisotopic (exact) mass is 401 g/mol. The Kier molecular flexibility index (Phi) is 4.85. The van der Waals surface area contributed by atoms with E-state index in [1.807, 2.05) is 19.9 Å². The predicted octanol–water partition coefficient (Wildman–Crippen LogP) is 4.73. The molecule has 0 saturated carbocycles. The van der Waals surface area contributed by atoms with E-state index in [1.165, 1.54) is 0 Å². The van der Waals surface area contributed by atoms with Gasteiger partial charge in [0.2, 0.25) is 0 Å². The number of benzene rings is 1. The molecule has 3 heterocycles. The fourth-order valence-corrected chi connectivity index (χ4v) is 3.52. The number of halogens is 3. The van der Waals surface area contributed by atoms with Gasteiger partial charge in [-0.25, -0.2) is 18.7 Å². The minimum atomic E-state index is -0.525. The van der Waals surface area contributed by atoms with Gasteiger partial charge in [0.05, 0.1) is 17.6 Å². The van der Waals surface area contributed by atoms with E-state index in [0.717, 1.165) is 53.8 Å². The van der Waals surface area contributed by atoms with Crippen molar-refractivity contribution in [3.8, 4) is 0 Å². The highest BCUT2D eigenvalue weighted by Gasteiger charge is 2.22. The van der Waals surface area contributed by atoms with Crippen LogP contribution in [0.1, 0.15) is 22.6 Å². The molecular formula is C20H18ClF2N5. The molecule has 3 aromatic rings. The summed E-state index contributed by atoms with van der Waals surface area (Å²) in [6.07, 6.45) is 2.39. The molecule has 28 heavy (non-hydrogen) atoms. The van der Waals surface area contributed by atoms with Gasteiger partial charge in [-0.1, -0.05) is 11.6 Å². The van der Waals surface area contributed by atoms with Crippen molar-refractivity contribution in [1.82, 2.24) is 15.0 Å². The standard InChI is InChI=1S/C20H18ClF2N5/c1-11-19(21)25-12(2)26-20(11)28-6-5-17-13(10-28)7-15(9-24-17)27-18-8-14(22)3-4-16(18)23/h3-4,7-9,27H,5-6,10H2,1-2H3. The average molecular weight is 402 g/mol. The van der Waals surface area contributed by atoms with E-state index in [-0.39, 0.29) is 5.69 Å². The molecule has 0 amide bonds. The second kappa shape index (κ2) is 7.31. The number of aryl methyl sites for hydroxylation is 1. The summed E-state index contributed by atoms with van der Waals surface area (Å²) in [4.78, 5) is 15.4. The molecule has 1 aliphatic heterocycles. The van der Waals surface area contributed by atoms with E-state index in [1.54, 1.807) is 6.20 Å². The fraction of sp³-hybridized carbons (Fsp3) is 0.250. The lowest BCUT2D eigenvalue weighted by Gasteiger charge is -2.30. The summed E-state index contributed by atoms with van der Waals surface area (Å²) in [5.74, 6) is 0.388. The molecule has 1 aliphatic rings. The number of pyridine rings is 1. The van der Waals surface area contributed by atoms with Crippen molar-refractivity contribution in [2.75, 3.05) is 16.8 Å². The quantitative estimate of drug-likeness (QED) is 0.643. The third kappa shape index (κ3) is 3.62. The van der Waals surface area contributed by atoms with Gasteiger partial charge in [0.25, 0.3) is 0 Å². The van der Waals surface area contributed by atoms with E-state index in [9.17, 15) is 8.78 Å². The Morgan fingerprint density at radius 1 is 1.14 bits per heavy atom. The molecule has 0 bridgehead atoms. The number of rotatable bonds is 3. The third-order valence-corrected chi connectivity index (χ3v) is 5.09. The molecule has 4 rings (SSSR count). The first kappa shape index (κ1) is 18.6. The number of fused-ring (bicyclic) bond motifs is 1. The Bertz CT molecular complexity index is 1060. The number of aromatic nitrogens is 3. The summed E-state index contributed by atoms with van der Waals surface area (Å²) in [6, 6.07) is 5.20. The first-order chi connectivity index (χ1) is 13.4. The zero-order chi connectivity index (χ0) is 19.8. The zero-order valence-corrected chi connectivity index (χ0v) is 16.2. The maximum atomic E-state index is 13.9. The molecule has 0 unspecified atom stereocenters. The number of anilines is 3. The highest BCUT2D eigenvalue weighted by molar-refractivity contribution is 6.30. The average Bonchev–Trinajstić information content (AvgIpc) is 2.67. The summed E-state index contributed by atoms with van der Waals surface area (Å²) in [5, 5.41) is 3.35. The van der Waals surface area contributed by atoms with E-state index in [4.69, 9.17) is 11.6 Å². The summed E-state index contributed by atoms with van der Waals surface area (Å²) >= 11 is 6.22. The molecule has 0 aliphatic carbocycles. The summed E-state index contributed by atoms with van der Waals surface area (Å²) in [7, 11) is 0. The van der Waals surface area contributed by atoms with E-state index < -0.39 is 11.6 Å². The smallest absolute Gasteiger partial charge is 0.146 e. The van der Waals surface area contributed by atoms with Gasteiger partial charge in [-0.2, -0.15) is 0 Å². The summed E-state index contributed by atoms with van der Waals surface area (Å²) in [5.41, 5.74) is 3.48. The second-order valence-corrected chi connectivity index (χ2v) is 7.12. The minimum Gasteiger partial charge on any atom is -0.352 e. The molecule has 0 saturated heterocycles. The molecule has 0 radical (unpaired) electrons. The Morgan fingerprint density at radius 2 is 1.96 bits per heavy atom. The van der Waals surface area contributed by atoms with Gasteiger partial charge >= 0.3 is 0 Å². The molecule has 5 nitrogen and oxygen atoms in total.